The van der Waals surface area contributed by atoms with Gasteiger partial charge in [0.1, 0.15) is 6.61 Å². The van der Waals surface area contributed by atoms with Crippen molar-refractivity contribution in [2.45, 2.75) is 26.5 Å². The quantitative estimate of drug-likeness (QED) is 0.463. The molecule has 138 valence electrons. The van der Waals surface area contributed by atoms with Crippen LogP contribution < -0.4 is 14.8 Å². The van der Waals surface area contributed by atoms with Crippen LogP contribution in [0.1, 0.15) is 24.5 Å². The molecule has 0 atom stereocenters. The monoisotopic (exact) mass is 467 g/mol. The van der Waals surface area contributed by atoms with Gasteiger partial charge in [-0.25, -0.2) is 0 Å². The largest absolute Gasteiger partial charge is 0.493 e. The van der Waals surface area contributed by atoms with Crippen LogP contribution in [-0.2, 0) is 13.2 Å². The summed E-state index contributed by atoms with van der Waals surface area (Å²) in [4.78, 5) is 0. The van der Waals surface area contributed by atoms with Crippen molar-refractivity contribution in [1.29, 1.82) is 0 Å². The lowest BCUT2D eigenvalue weighted by Gasteiger charge is -2.15. The zero-order valence-corrected chi connectivity index (χ0v) is 18.0. The maximum absolute atomic E-state index is 6.19. The molecule has 0 unspecified atom stereocenters. The summed E-state index contributed by atoms with van der Waals surface area (Å²) in [7, 11) is 1.63. The number of hydrogen-bond acceptors (Lipinski definition) is 3. The molecular weight excluding hydrogens is 448 g/mol. The lowest BCUT2D eigenvalue weighted by molar-refractivity contribution is 0.282. The zero-order chi connectivity index (χ0) is 17.5. The Kier molecular flexibility index (Phi) is 9.98. The third-order valence-electron chi connectivity index (χ3n) is 3.43. The molecule has 0 bridgehead atoms. The molecule has 0 radical (unpaired) electrons. The summed E-state index contributed by atoms with van der Waals surface area (Å²) in [6.07, 6.45) is 1.10. The van der Waals surface area contributed by atoms with E-state index in [0.717, 1.165) is 35.1 Å². The molecule has 0 spiro atoms. The lowest BCUT2D eigenvalue weighted by atomic mass is 10.2. The molecule has 7 heteroatoms. The van der Waals surface area contributed by atoms with E-state index in [-0.39, 0.29) is 12.4 Å². The summed E-state index contributed by atoms with van der Waals surface area (Å²) in [5.41, 5.74) is 1.99. The molecule has 0 aliphatic rings. The molecule has 0 saturated carbocycles. The average molecular weight is 470 g/mol. The number of nitrogens with one attached hydrogen (secondary N) is 1. The Morgan fingerprint density at radius 1 is 1.16 bits per heavy atom. The molecule has 0 aromatic heterocycles. The second kappa shape index (κ2) is 11.1. The summed E-state index contributed by atoms with van der Waals surface area (Å²) < 4.78 is 12.2. The molecule has 0 aliphatic carbocycles. The van der Waals surface area contributed by atoms with E-state index in [1.807, 2.05) is 18.2 Å². The van der Waals surface area contributed by atoms with E-state index in [1.165, 1.54) is 0 Å². The van der Waals surface area contributed by atoms with Gasteiger partial charge in [-0.1, -0.05) is 36.2 Å². The van der Waals surface area contributed by atoms with Crippen molar-refractivity contribution < 1.29 is 9.47 Å². The topological polar surface area (TPSA) is 30.5 Å². The van der Waals surface area contributed by atoms with E-state index in [0.29, 0.717) is 28.2 Å². The second-order valence-corrected chi connectivity index (χ2v) is 7.01. The molecular formula is C18H21BrCl3NO2. The molecule has 0 heterocycles. The van der Waals surface area contributed by atoms with Crippen LogP contribution in [0.15, 0.2) is 34.8 Å². The van der Waals surface area contributed by atoms with Crippen molar-refractivity contribution in [3.8, 4) is 11.5 Å². The van der Waals surface area contributed by atoms with Gasteiger partial charge >= 0.3 is 0 Å². The average Bonchev–Trinajstić information content (AvgIpc) is 2.55. The van der Waals surface area contributed by atoms with Crippen LogP contribution in [0.2, 0.25) is 10.0 Å². The Hall–Kier alpha value is -0.650. The van der Waals surface area contributed by atoms with Crippen molar-refractivity contribution in [1.82, 2.24) is 5.32 Å². The highest BCUT2D eigenvalue weighted by Gasteiger charge is 2.13. The number of methoxy groups -OCH3 is 1. The summed E-state index contributed by atoms with van der Waals surface area (Å²) in [5.74, 6) is 1.34. The highest BCUT2D eigenvalue weighted by molar-refractivity contribution is 9.10. The van der Waals surface area contributed by atoms with E-state index >= 15 is 0 Å². The molecule has 0 amide bonds. The molecule has 0 aliphatic heterocycles. The van der Waals surface area contributed by atoms with Crippen molar-refractivity contribution in [3.63, 3.8) is 0 Å². The standard InChI is InChI=1S/C18H20BrCl2NO2.ClH/c1-3-6-22-10-12-7-15(19)18(17(8-12)23-2)24-11-13-4-5-14(20)9-16(13)21;/h4-5,7-9,22H,3,6,10-11H2,1-2H3;1H. The normalized spacial score (nSPS) is 10.3. The van der Waals surface area contributed by atoms with Crippen molar-refractivity contribution in [2.75, 3.05) is 13.7 Å². The predicted molar refractivity (Wildman–Crippen MR) is 111 cm³/mol. The first-order valence-electron chi connectivity index (χ1n) is 7.69. The number of hydrogen-bond donors (Lipinski definition) is 1. The highest BCUT2D eigenvalue weighted by atomic mass is 79.9. The summed E-state index contributed by atoms with van der Waals surface area (Å²) >= 11 is 15.7. The van der Waals surface area contributed by atoms with Crippen molar-refractivity contribution in [3.05, 3.63) is 56.0 Å². The van der Waals surface area contributed by atoms with E-state index < -0.39 is 0 Å². The van der Waals surface area contributed by atoms with Crippen LogP contribution in [0.4, 0.5) is 0 Å². The Balaban J connectivity index is 0.00000312. The zero-order valence-electron chi connectivity index (χ0n) is 14.1. The van der Waals surface area contributed by atoms with Gasteiger partial charge in [-0.05, 0) is 58.7 Å². The van der Waals surface area contributed by atoms with Gasteiger partial charge in [0.05, 0.1) is 11.6 Å². The van der Waals surface area contributed by atoms with Crippen molar-refractivity contribution >= 4 is 51.5 Å². The number of ether oxygens (including phenoxy) is 2. The fraction of sp³-hybridized carbons (Fsp3) is 0.333. The number of benzene rings is 2. The van der Waals surface area contributed by atoms with Gasteiger partial charge in [-0.15, -0.1) is 12.4 Å². The Labute approximate surface area is 173 Å². The van der Waals surface area contributed by atoms with Gasteiger partial charge < -0.3 is 14.8 Å². The van der Waals surface area contributed by atoms with E-state index in [2.05, 4.69) is 28.2 Å². The van der Waals surface area contributed by atoms with E-state index in [1.54, 1.807) is 19.2 Å². The molecule has 2 rings (SSSR count). The molecule has 25 heavy (non-hydrogen) atoms. The summed E-state index contributed by atoms with van der Waals surface area (Å²) in [6.45, 7) is 4.24. The van der Waals surface area contributed by atoms with Crippen LogP contribution in [0.5, 0.6) is 11.5 Å². The first kappa shape index (κ1) is 22.4. The molecule has 2 aromatic rings. The first-order valence-corrected chi connectivity index (χ1v) is 9.24. The third-order valence-corrected chi connectivity index (χ3v) is 4.61. The van der Waals surface area contributed by atoms with Gasteiger partial charge in [0.2, 0.25) is 0 Å². The molecule has 0 saturated heterocycles. The number of rotatable bonds is 8. The maximum atomic E-state index is 6.19. The second-order valence-electron chi connectivity index (χ2n) is 5.31. The van der Waals surface area contributed by atoms with Crippen LogP contribution in [-0.4, -0.2) is 13.7 Å². The van der Waals surface area contributed by atoms with Gasteiger partial charge in [0.25, 0.3) is 0 Å². The Bertz CT molecular complexity index is 698. The smallest absolute Gasteiger partial charge is 0.175 e. The van der Waals surface area contributed by atoms with Crippen LogP contribution in [0.3, 0.4) is 0 Å². The minimum absolute atomic E-state index is 0. The number of halogens is 4. The van der Waals surface area contributed by atoms with Crippen LogP contribution in [0.25, 0.3) is 0 Å². The fourth-order valence-electron chi connectivity index (χ4n) is 2.21. The van der Waals surface area contributed by atoms with Crippen molar-refractivity contribution in [2.24, 2.45) is 0 Å². The molecule has 1 N–H and O–H groups in total. The van der Waals surface area contributed by atoms with Crippen LogP contribution >= 0.6 is 51.5 Å². The van der Waals surface area contributed by atoms with Gasteiger partial charge in [-0.2, -0.15) is 0 Å². The fourth-order valence-corrected chi connectivity index (χ4v) is 3.28. The third kappa shape index (κ3) is 6.54. The van der Waals surface area contributed by atoms with Gasteiger partial charge in [-0.3, -0.25) is 0 Å². The molecule has 0 fully saturated rings. The van der Waals surface area contributed by atoms with Gasteiger partial charge in [0, 0.05) is 22.2 Å². The summed E-state index contributed by atoms with van der Waals surface area (Å²) in [5, 5.41) is 4.56. The van der Waals surface area contributed by atoms with E-state index in [4.69, 9.17) is 32.7 Å². The predicted octanol–water partition coefficient (Wildman–Crippen LogP) is 6.26. The minimum Gasteiger partial charge on any atom is -0.493 e. The highest BCUT2D eigenvalue weighted by Crippen LogP contribution is 2.37. The summed E-state index contributed by atoms with van der Waals surface area (Å²) in [6, 6.07) is 9.36. The van der Waals surface area contributed by atoms with E-state index in [9.17, 15) is 0 Å². The SMILES string of the molecule is CCCNCc1cc(Br)c(OCc2ccc(Cl)cc2Cl)c(OC)c1.Cl. The molecule has 2 aromatic carbocycles. The molecule has 3 nitrogen and oxygen atoms in total. The maximum Gasteiger partial charge on any atom is 0.175 e. The van der Waals surface area contributed by atoms with Crippen LogP contribution in [0, 0.1) is 0 Å². The minimum atomic E-state index is 0. The Morgan fingerprint density at radius 2 is 1.92 bits per heavy atom. The first-order chi connectivity index (χ1) is 11.5. The van der Waals surface area contributed by atoms with Gasteiger partial charge in [0.15, 0.2) is 11.5 Å². The lowest BCUT2D eigenvalue weighted by Crippen LogP contribution is -2.14. The Morgan fingerprint density at radius 3 is 2.56 bits per heavy atom.